The molecule has 0 saturated heterocycles. The van der Waals surface area contributed by atoms with Crippen molar-refractivity contribution in [3.8, 4) is 11.8 Å². The van der Waals surface area contributed by atoms with Gasteiger partial charge in [0.2, 0.25) is 5.82 Å². The predicted molar refractivity (Wildman–Crippen MR) is 82.7 cm³/mol. The zero-order valence-corrected chi connectivity index (χ0v) is 11.8. The second-order valence-corrected chi connectivity index (χ2v) is 4.41. The van der Waals surface area contributed by atoms with E-state index in [2.05, 4.69) is 20.3 Å². The Morgan fingerprint density at radius 2 is 1.78 bits per heavy atom. The highest BCUT2D eigenvalue weighted by molar-refractivity contribution is 5.66. The van der Waals surface area contributed by atoms with Crippen molar-refractivity contribution >= 4 is 17.2 Å². The molecule has 1 N–H and O–H groups in total. The van der Waals surface area contributed by atoms with Crippen molar-refractivity contribution in [2.75, 3.05) is 5.32 Å². The summed E-state index contributed by atoms with van der Waals surface area (Å²) >= 11 is 0. The molecule has 3 rings (SSSR count). The lowest BCUT2D eigenvalue weighted by Crippen LogP contribution is -1.99. The number of benzene rings is 1. The van der Waals surface area contributed by atoms with Crippen molar-refractivity contribution in [1.29, 1.82) is 0 Å². The van der Waals surface area contributed by atoms with Crippen LogP contribution >= 0.6 is 0 Å². The van der Waals surface area contributed by atoms with Crippen molar-refractivity contribution in [3.05, 3.63) is 71.2 Å². The fourth-order valence-corrected chi connectivity index (χ4v) is 1.86. The van der Waals surface area contributed by atoms with E-state index in [-0.39, 0.29) is 17.5 Å². The number of hydrogen-bond donors (Lipinski definition) is 1. The minimum Gasteiger partial charge on any atom is -0.424 e. The highest BCUT2D eigenvalue weighted by atomic mass is 16.6. The Kier molecular flexibility index (Phi) is 4.05. The highest BCUT2D eigenvalue weighted by Gasteiger charge is 2.14. The van der Waals surface area contributed by atoms with Crippen LogP contribution in [-0.2, 0) is 0 Å². The van der Waals surface area contributed by atoms with Crippen LogP contribution in [0, 0.1) is 10.1 Å². The van der Waals surface area contributed by atoms with Crippen molar-refractivity contribution in [2.24, 2.45) is 0 Å². The molecule has 23 heavy (non-hydrogen) atoms. The van der Waals surface area contributed by atoms with E-state index in [1.54, 1.807) is 42.7 Å². The summed E-state index contributed by atoms with van der Waals surface area (Å²) in [6.45, 7) is 0. The molecular weight excluding hydrogens is 298 g/mol. The molecule has 0 aliphatic rings. The molecule has 0 saturated carbocycles. The summed E-state index contributed by atoms with van der Waals surface area (Å²) in [6.07, 6.45) is 4.62. The van der Waals surface area contributed by atoms with Crippen molar-refractivity contribution in [3.63, 3.8) is 0 Å². The number of hydrogen-bond acceptors (Lipinski definition) is 7. The molecule has 1 aromatic carbocycles. The van der Waals surface area contributed by atoms with Crippen LogP contribution in [0.15, 0.2) is 61.1 Å². The fraction of sp³-hybridized carbons (Fsp3) is 0. The zero-order valence-electron chi connectivity index (χ0n) is 11.8. The van der Waals surface area contributed by atoms with Crippen LogP contribution in [0.3, 0.4) is 0 Å². The summed E-state index contributed by atoms with van der Waals surface area (Å²) in [5.74, 6) is 0.658. The van der Waals surface area contributed by atoms with Gasteiger partial charge in [-0.1, -0.05) is 6.07 Å². The number of ether oxygens (including phenoxy) is 1. The number of pyridine rings is 1. The van der Waals surface area contributed by atoms with Gasteiger partial charge in [-0.3, -0.25) is 10.1 Å². The van der Waals surface area contributed by atoms with Crippen LogP contribution < -0.4 is 10.1 Å². The zero-order chi connectivity index (χ0) is 16.1. The van der Waals surface area contributed by atoms with E-state index in [0.29, 0.717) is 11.4 Å². The number of nitrogens with one attached hydrogen (secondary N) is 1. The van der Waals surface area contributed by atoms with Crippen LogP contribution in [0.25, 0.3) is 0 Å². The minimum atomic E-state index is -0.493. The van der Waals surface area contributed by atoms with Gasteiger partial charge in [-0.2, -0.15) is 0 Å². The molecule has 0 aliphatic carbocycles. The second kappa shape index (κ2) is 6.48. The van der Waals surface area contributed by atoms with Gasteiger partial charge in [0.15, 0.2) is 0 Å². The van der Waals surface area contributed by atoms with E-state index in [4.69, 9.17) is 4.74 Å². The van der Waals surface area contributed by atoms with Crippen LogP contribution in [0.5, 0.6) is 11.8 Å². The number of aromatic nitrogens is 3. The summed E-state index contributed by atoms with van der Waals surface area (Å²) in [5.41, 5.74) is 0.491. The fourth-order valence-electron chi connectivity index (χ4n) is 1.86. The third-order valence-electron chi connectivity index (χ3n) is 2.83. The van der Waals surface area contributed by atoms with Crippen LogP contribution in [0.2, 0.25) is 0 Å². The molecule has 0 radical (unpaired) electrons. The van der Waals surface area contributed by atoms with Crippen molar-refractivity contribution < 1.29 is 9.66 Å². The predicted octanol–water partition coefficient (Wildman–Crippen LogP) is 3.32. The lowest BCUT2D eigenvalue weighted by atomic mass is 10.3. The molecule has 3 aromatic rings. The molecule has 0 atom stereocenters. The lowest BCUT2D eigenvalue weighted by molar-refractivity contribution is -0.384. The first-order chi connectivity index (χ1) is 11.2. The number of nitrogens with zero attached hydrogens (tertiary/aromatic N) is 4. The first-order valence-corrected chi connectivity index (χ1v) is 6.64. The smallest absolute Gasteiger partial charge is 0.321 e. The molecule has 0 spiro atoms. The van der Waals surface area contributed by atoms with E-state index in [9.17, 15) is 10.1 Å². The molecule has 0 aliphatic heterocycles. The molecule has 0 bridgehead atoms. The van der Waals surface area contributed by atoms with E-state index in [1.165, 1.54) is 18.3 Å². The molecule has 0 unspecified atom stereocenters. The Balaban J connectivity index is 1.82. The molecule has 8 heteroatoms. The van der Waals surface area contributed by atoms with Gasteiger partial charge in [-0.15, -0.1) is 0 Å². The van der Waals surface area contributed by atoms with Gasteiger partial charge in [-0.05, 0) is 24.3 Å². The van der Waals surface area contributed by atoms with E-state index >= 15 is 0 Å². The topological polar surface area (TPSA) is 103 Å². The van der Waals surface area contributed by atoms with E-state index in [0.717, 1.165) is 0 Å². The Morgan fingerprint density at radius 1 is 1.00 bits per heavy atom. The highest BCUT2D eigenvalue weighted by Crippen LogP contribution is 2.27. The van der Waals surface area contributed by atoms with Crippen molar-refractivity contribution in [2.45, 2.75) is 0 Å². The summed E-state index contributed by atoms with van der Waals surface area (Å²) in [7, 11) is 0. The van der Waals surface area contributed by atoms with Crippen LogP contribution in [0.4, 0.5) is 17.2 Å². The Bertz CT molecular complexity index is 826. The number of rotatable bonds is 5. The normalized spacial score (nSPS) is 10.1. The molecule has 0 amide bonds. The van der Waals surface area contributed by atoms with Crippen LogP contribution in [0.1, 0.15) is 0 Å². The molecular formula is C15H11N5O3. The standard InChI is InChI=1S/C15H11N5O3/c21-20(22)13-6-2-7-16-14(13)19-11-4-1-5-12(10-11)23-15-17-8-3-9-18-15/h1-10H,(H,16,19). The Labute approximate surface area is 131 Å². The molecule has 2 aromatic heterocycles. The SMILES string of the molecule is O=[N+]([O-])c1cccnc1Nc1cccc(Oc2ncccn2)c1. The van der Waals surface area contributed by atoms with E-state index < -0.39 is 4.92 Å². The maximum absolute atomic E-state index is 11.0. The third kappa shape index (κ3) is 3.56. The lowest BCUT2D eigenvalue weighted by Gasteiger charge is -2.08. The molecule has 0 fully saturated rings. The summed E-state index contributed by atoms with van der Waals surface area (Å²) < 4.78 is 5.52. The first-order valence-electron chi connectivity index (χ1n) is 6.64. The second-order valence-electron chi connectivity index (χ2n) is 4.41. The largest absolute Gasteiger partial charge is 0.424 e. The van der Waals surface area contributed by atoms with Gasteiger partial charge in [0.05, 0.1) is 4.92 Å². The summed E-state index contributed by atoms with van der Waals surface area (Å²) in [4.78, 5) is 22.4. The average Bonchev–Trinajstić information content (AvgIpc) is 2.56. The average molecular weight is 309 g/mol. The van der Waals surface area contributed by atoms with Gasteiger partial charge in [-0.25, -0.2) is 15.0 Å². The first kappa shape index (κ1) is 14.4. The number of nitro groups is 1. The monoisotopic (exact) mass is 309 g/mol. The van der Waals surface area contributed by atoms with Gasteiger partial charge < -0.3 is 10.1 Å². The maximum Gasteiger partial charge on any atom is 0.321 e. The summed E-state index contributed by atoms with van der Waals surface area (Å²) in [5, 5.41) is 13.9. The molecule has 114 valence electrons. The Hall–Kier alpha value is -3.55. The van der Waals surface area contributed by atoms with Gasteiger partial charge in [0.1, 0.15) is 5.75 Å². The Morgan fingerprint density at radius 3 is 2.57 bits per heavy atom. The molecule has 2 heterocycles. The maximum atomic E-state index is 11.0. The van der Waals surface area contributed by atoms with Crippen LogP contribution in [-0.4, -0.2) is 19.9 Å². The minimum absolute atomic E-state index is 0.106. The van der Waals surface area contributed by atoms with Gasteiger partial charge in [0, 0.05) is 36.4 Å². The van der Waals surface area contributed by atoms with Gasteiger partial charge in [0.25, 0.3) is 0 Å². The number of anilines is 2. The molecule has 8 nitrogen and oxygen atoms in total. The van der Waals surface area contributed by atoms with E-state index in [1.807, 2.05) is 0 Å². The van der Waals surface area contributed by atoms with Crippen molar-refractivity contribution in [1.82, 2.24) is 15.0 Å². The third-order valence-corrected chi connectivity index (χ3v) is 2.83. The van der Waals surface area contributed by atoms with Gasteiger partial charge >= 0.3 is 11.7 Å². The quantitative estimate of drug-likeness (QED) is 0.569. The summed E-state index contributed by atoms with van der Waals surface area (Å²) in [6, 6.07) is 11.7.